The quantitative estimate of drug-likeness (QED) is 0.847. The van der Waals surface area contributed by atoms with Gasteiger partial charge in [0.15, 0.2) is 0 Å². The van der Waals surface area contributed by atoms with E-state index in [1.807, 2.05) is 13.0 Å². The maximum Gasteiger partial charge on any atom is 0.264 e. The average Bonchev–Trinajstić information content (AvgIpc) is 2.80. The number of carbonyl (C=O) groups is 1. The lowest BCUT2D eigenvalue weighted by molar-refractivity contribution is -0.116. The second kappa shape index (κ2) is 4.99. The van der Waals surface area contributed by atoms with Crippen LogP contribution >= 0.6 is 0 Å². The van der Waals surface area contributed by atoms with Crippen molar-refractivity contribution in [2.75, 3.05) is 18.2 Å². The van der Waals surface area contributed by atoms with Gasteiger partial charge >= 0.3 is 0 Å². The van der Waals surface area contributed by atoms with Gasteiger partial charge in [0.2, 0.25) is 5.91 Å². The van der Waals surface area contributed by atoms with Crippen LogP contribution in [0, 0.1) is 6.92 Å². The Morgan fingerprint density at radius 2 is 2.14 bits per heavy atom. The van der Waals surface area contributed by atoms with Crippen molar-refractivity contribution in [3.63, 3.8) is 0 Å². The zero-order valence-electron chi connectivity index (χ0n) is 11.9. The molecule has 0 spiro atoms. The summed E-state index contributed by atoms with van der Waals surface area (Å²) in [6, 6.07) is 2.04. The van der Waals surface area contributed by atoms with E-state index in [1.54, 1.807) is 0 Å². The van der Waals surface area contributed by atoms with Crippen LogP contribution in [0.25, 0.3) is 0 Å². The molecule has 1 N–H and O–H groups in total. The van der Waals surface area contributed by atoms with Gasteiger partial charge in [-0.25, -0.2) is 0 Å². The first kappa shape index (κ1) is 14.3. The molecule has 0 bridgehead atoms. The number of aryl methyl sites for hydroxylation is 1. The minimum Gasteiger partial charge on any atom is -0.487 e. The van der Waals surface area contributed by atoms with Crippen molar-refractivity contribution in [1.29, 1.82) is 0 Å². The van der Waals surface area contributed by atoms with E-state index in [1.165, 1.54) is 0 Å². The zero-order chi connectivity index (χ0) is 15.2. The molecular weight excluding hydrogens is 294 g/mol. The normalized spacial score (nSPS) is 20.5. The fraction of sp³-hybridized carbons (Fsp3) is 0.500. The third-order valence-corrected chi connectivity index (χ3v) is 4.33. The fourth-order valence-corrected chi connectivity index (χ4v) is 3.23. The number of amides is 1. The molecule has 1 amide bonds. The number of hydrogen-bond donors (Lipinski definition) is 1. The van der Waals surface area contributed by atoms with Gasteiger partial charge in [-0.3, -0.25) is 8.98 Å². The predicted octanol–water partition coefficient (Wildman–Crippen LogP) is 1.16. The number of rotatable bonds is 3. The first-order valence-electron chi connectivity index (χ1n) is 6.80. The lowest BCUT2D eigenvalue weighted by Gasteiger charge is -2.21. The SMILES string of the molecule is Cc1c2c(cc3c1OC(COS(C)(=O)=O)C3)CCC(=O)N2. The maximum atomic E-state index is 11.5. The van der Waals surface area contributed by atoms with Crippen molar-refractivity contribution in [3.8, 4) is 5.75 Å². The Kier molecular flexibility index (Phi) is 3.41. The monoisotopic (exact) mass is 311 g/mol. The molecule has 0 radical (unpaired) electrons. The van der Waals surface area contributed by atoms with Crippen molar-refractivity contribution in [3.05, 3.63) is 22.8 Å². The lowest BCUT2D eigenvalue weighted by Crippen LogP contribution is -2.22. The molecule has 114 valence electrons. The number of ether oxygens (including phenoxy) is 1. The van der Waals surface area contributed by atoms with Crippen molar-refractivity contribution in [2.45, 2.75) is 32.3 Å². The van der Waals surface area contributed by atoms with Crippen LogP contribution < -0.4 is 10.1 Å². The maximum absolute atomic E-state index is 11.5. The standard InChI is InChI=1S/C14H17NO5S/c1-8-13-9(3-4-12(16)15-13)5-10-6-11(20-14(8)10)7-19-21(2,17)18/h5,11H,3-4,6-7H2,1-2H3,(H,15,16). The number of carbonyl (C=O) groups excluding carboxylic acids is 1. The van der Waals surface area contributed by atoms with E-state index in [0.29, 0.717) is 12.8 Å². The highest BCUT2D eigenvalue weighted by Gasteiger charge is 2.30. The topological polar surface area (TPSA) is 81.7 Å². The van der Waals surface area contributed by atoms with E-state index in [-0.39, 0.29) is 18.6 Å². The van der Waals surface area contributed by atoms with Crippen molar-refractivity contribution < 1.29 is 22.1 Å². The molecule has 0 aliphatic carbocycles. The Morgan fingerprint density at radius 1 is 1.38 bits per heavy atom. The average molecular weight is 311 g/mol. The Labute approximate surface area is 123 Å². The molecule has 6 nitrogen and oxygen atoms in total. The van der Waals surface area contributed by atoms with Crippen LogP contribution in [0.3, 0.4) is 0 Å². The van der Waals surface area contributed by atoms with Crippen LogP contribution in [0.5, 0.6) is 5.75 Å². The molecule has 2 heterocycles. The van der Waals surface area contributed by atoms with Crippen LogP contribution in [0.2, 0.25) is 0 Å². The summed E-state index contributed by atoms with van der Waals surface area (Å²) < 4.78 is 32.7. The molecule has 0 fully saturated rings. The van der Waals surface area contributed by atoms with Crippen LogP contribution in [-0.4, -0.2) is 33.3 Å². The summed E-state index contributed by atoms with van der Waals surface area (Å²) in [5, 5.41) is 2.88. The second-order valence-electron chi connectivity index (χ2n) is 5.50. The summed E-state index contributed by atoms with van der Waals surface area (Å²) >= 11 is 0. The van der Waals surface area contributed by atoms with E-state index < -0.39 is 10.1 Å². The van der Waals surface area contributed by atoms with Gasteiger partial charge < -0.3 is 10.1 Å². The molecule has 1 aromatic carbocycles. The summed E-state index contributed by atoms with van der Waals surface area (Å²) in [5.41, 5.74) is 3.88. The third-order valence-electron chi connectivity index (χ3n) is 3.76. The molecular formula is C14H17NO5S. The minimum absolute atomic E-state index is 0.00395. The number of hydrogen-bond acceptors (Lipinski definition) is 5. The van der Waals surface area contributed by atoms with E-state index in [4.69, 9.17) is 8.92 Å². The van der Waals surface area contributed by atoms with E-state index in [0.717, 1.165) is 40.8 Å². The van der Waals surface area contributed by atoms with E-state index in [2.05, 4.69) is 5.32 Å². The largest absolute Gasteiger partial charge is 0.487 e. The van der Waals surface area contributed by atoms with Gasteiger partial charge in [-0.05, 0) is 30.5 Å². The number of benzene rings is 1. The van der Waals surface area contributed by atoms with Gasteiger partial charge in [-0.15, -0.1) is 0 Å². The summed E-state index contributed by atoms with van der Waals surface area (Å²) in [4.78, 5) is 11.5. The Bertz CT molecular complexity index is 711. The highest BCUT2D eigenvalue weighted by molar-refractivity contribution is 7.85. The van der Waals surface area contributed by atoms with Gasteiger partial charge in [-0.1, -0.05) is 0 Å². The van der Waals surface area contributed by atoms with Crippen LogP contribution in [0.1, 0.15) is 23.1 Å². The molecule has 21 heavy (non-hydrogen) atoms. The van der Waals surface area contributed by atoms with Crippen molar-refractivity contribution in [2.24, 2.45) is 0 Å². The summed E-state index contributed by atoms with van der Waals surface area (Å²) in [7, 11) is -3.47. The summed E-state index contributed by atoms with van der Waals surface area (Å²) in [5.74, 6) is 0.749. The molecule has 1 unspecified atom stereocenters. The van der Waals surface area contributed by atoms with E-state index in [9.17, 15) is 13.2 Å². The molecule has 0 aromatic heterocycles. The molecule has 2 aliphatic rings. The minimum atomic E-state index is -3.47. The smallest absolute Gasteiger partial charge is 0.264 e. The third kappa shape index (κ3) is 2.89. The molecule has 1 atom stereocenters. The Morgan fingerprint density at radius 3 is 2.86 bits per heavy atom. The van der Waals surface area contributed by atoms with Crippen molar-refractivity contribution >= 4 is 21.7 Å². The van der Waals surface area contributed by atoms with Crippen LogP contribution in [0.4, 0.5) is 5.69 Å². The first-order chi connectivity index (χ1) is 9.83. The number of nitrogens with one attached hydrogen (secondary N) is 1. The van der Waals surface area contributed by atoms with Crippen LogP contribution in [0.15, 0.2) is 6.07 Å². The number of anilines is 1. The van der Waals surface area contributed by atoms with Gasteiger partial charge in [0, 0.05) is 18.4 Å². The molecule has 1 aromatic rings. The van der Waals surface area contributed by atoms with Gasteiger partial charge in [0.1, 0.15) is 18.5 Å². The highest BCUT2D eigenvalue weighted by Crippen LogP contribution is 2.40. The number of fused-ring (bicyclic) bond motifs is 2. The second-order valence-corrected chi connectivity index (χ2v) is 7.15. The zero-order valence-corrected chi connectivity index (χ0v) is 12.7. The molecule has 0 saturated heterocycles. The fourth-order valence-electron chi connectivity index (χ4n) is 2.83. The summed E-state index contributed by atoms with van der Waals surface area (Å²) in [6.45, 7) is 1.91. The van der Waals surface area contributed by atoms with Crippen molar-refractivity contribution in [1.82, 2.24) is 0 Å². The van der Waals surface area contributed by atoms with E-state index >= 15 is 0 Å². The van der Waals surface area contributed by atoms with Gasteiger partial charge in [0.25, 0.3) is 10.1 Å². The van der Waals surface area contributed by atoms with Gasteiger partial charge in [-0.2, -0.15) is 8.42 Å². The Balaban J connectivity index is 1.83. The molecule has 7 heteroatoms. The highest BCUT2D eigenvalue weighted by atomic mass is 32.2. The van der Waals surface area contributed by atoms with Gasteiger partial charge in [0.05, 0.1) is 11.9 Å². The Hall–Kier alpha value is -1.60. The van der Waals surface area contributed by atoms with Crippen LogP contribution in [-0.2, 0) is 31.9 Å². The predicted molar refractivity (Wildman–Crippen MR) is 77.0 cm³/mol. The summed E-state index contributed by atoms with van der Waals surface area (Å²) in [6.07, 6.45) is 2.54. The molecule has 2 aliphatic heterocycles. The molecule has 0 saturated carbocycles. The lowest BCUT2D eigenvalue weighted by atomic mass is 9.95. The first-order valence-corrected chi connectivity index (χ1v) is 8.61. The molecule has 3 rings (SSSR count).